The Hall–Kier alpha value is -1.32. The van der Waals surface area contributed by atoms with Crippen molar-refractivity contribution in [3.8, 4) is 0 Å². The molecule has 0 amide bonds. The van der Waals surface area contributed by atoms with Crippen molar-refractivity contribution in [2.75, 3.05) is 0 Å². The van der Waals surface area contributed by atoms with E-state index < -0.39 is 17.5 Å². The molecule has 0 saturated heterocycles. The minimum absolute atomic E-state index is 0.0299. The van der Waals surface area contributed by atoms with Crippen LogP contribution in [0, 0.1) is 56.7 Å². The van der Waals surface area contributed by atoms with Gasteiger partial charge in [0.15, 0.2) is 0 Å². The third-order valence-corrected chi connectivity index (χ3v) is 13.9. The Labute approximate surface area is 219 Å². The van der Waals surface area contributed by atoms with Crippen LogP contribution in [0.2, 0.25) is 0 Å². The average molecular weight is 499 g/mol. The van der Waals surface area contributed by atoms with Gasteiger partial charge in [-0.3, -0.25) is 9.59 Å². The lowest BCUT2D eigenvalue weighted by Crippen LogP contribution is -2.68. The third kappa shape index (κ3) is 3.17. The van der Waals surface area contributed by atoms with Gasteiger partial charge in [0.2, 0.25) is 0 Å². The van der Waals surface area contributed by atoms with Gasteiger partial charge >= 0.3 is 11.9 Å². The Kier molecular flexibility index (Phi) is 5.91. The first-order valence-electron chi connectivity index (χ1n) is 14.7. The van der Waals surface area contributed by atoms with Crippen LogP contribution < -0.4 is 0 Å². The molecule has 5 aliphatic carbocycles. The highest BCUT2D eigenvalue weighted by atomic mass is 16.5. The zero-order valence-corrected chi connectivity index (χ0v) is 23.9. The van der Waals surface area contributed by atoms with E-state index in [0.29, 0.717) is 23.7 Å². The Morgan fingerprint density at radius 3 is 2.11 bits per heavy atom. The van der Waals surface area contributed by atoms with E-state index in [1.54, 1.807) is 0 Å². The number of hydrogen-bond acceptors (Lipinski definition) is 3. The Morgan fingerprint density at radius 1 is 0.806 bits per heavy atom. The number of carbonyl (C=O) groups is 2. The van der Waals surface area contributed by atoms with Gasteiger partial charge in [-0.25, -0.2) is 0 Å². The number of esters is 1. The number of hydrogen-bond donors (Lipinski definition) is 1. The van der Waals surface area contributed by atoms with E-state index in [9.17, 15) is 14.7 Å². The van der Waals surface area contributed by atoms with E-state index in [1.807, 2.05) is 6.92 Å². The van der Waals surface area contributed by atoms with Crippen molar-refractivity contribution in [2.45, 2.75) is 119 Å². The maximum Gasteiger partial charge on any atom is 0.313 e. The maximum absolute atomic E-state index is 12.9. The van der Waals surface area contributed by atoms with Gasteiger partial charge in [0.25, 0.3) is 0 Å². The monoisotopic (exact) mass is 498 g/mol. The number of fused-ring (bicyclic) bond motifs is 7. The number of carboxylic acids is 1. The number of aliphatic carboxylic acids is 1. The molecule has 0 bridgehead atoms. The van der Waals surface area contributed by atoms with Crippen molar-refractivity contribution in [1.82, 2.24) is 0 Å². The summed E-state index contributed by atoms with van der Waals surface area (Å²) < 4.78 is 5.69. The summed E-state index contributed by atoms with van der Waals surface area (Å²) >= 11 is 0. The van der Waals surface area contributed by atoms with Gasteiger partial charge < -0.3 is 9.84 Å². The van der Waals surface area contributed by atoms with Crippen LogP contribution >= 0.6 is 0 Å². The highest BCUT2D eigenvalue weighted by Crippen LogP contribution is 2.77. The van der Waals surface area contributed by atoms with Crippen molar-refractivity contribution in [1.29, 1.82) is 0 Å². The molecule has 5 unspecified atom stereocenters. The summed E-state index contributed by atoms with van der Waals surface area (Å²) in [5.74, 6) is 1.50. The SMILES string of the molecule is C=C(C)C1CC[C@]2(C)CC[C@]3(C)C(CCC4[C@@]5(C)CC[C@@H](OC(C)=O)[C@](C)(C(=O)O)C5CC[C@]43C)C12. The zero-order chi connectivity index (χ0) is 26.5. The van der Waals surface area contributed by atoms with Crippen LogP contribution in [-0.2, 0) is 14.3 Å². The van der Waals surface area contributed by atoms with E-state index in [4.69, 9.17) is 4.74 Å². The van der Waals surface area contributed by atoms with Gasteiger partial charge in [0, 0.05) is 6.92 Å². The molecule has 0 spiro atoms. The van der Waals surface area contributed by atoms with Crippen molar-refractivity contribution < 1.29 is 19.4 Å². The van der Waals surface area contributed by atoms with Gasteiger partial charge in [0.1, 0.15) is 11.5 Å². The summed E-state index contributed by atoms with van der Waals surface area (Å²) in [4.78, 5) is 24.8. The number of carboxylic acid groups (broad SMARTS) is 1. The molecule has 202 valence electrons. The van der Waals surface area contributed by atoms with E-state index in [2.05, 4.69) is 41.2 Å². The zero-order valence-electron chi connectivity index (χ0n) is 23.9. The molecule has 1 N–H and O–H groups in total. The van der Waals surface area contributed by atoms with Crippen LogP contribution in [0.15, 0.2) is 12.2 Å². The van der Waals surface area contributed by atoms with E-state index in [0.717, 1.165) is 31.1 Å². The first-order valence-corrected chi connectivity index (χ1v) is 14.7. The summed E-state index contributed by atoms with van der Waals surface area (Å²) in [6.45, 7) is 20.2. The summed E-state index contributed by atoms with van der Waals surface area (Å²) in [5, 5.41) is 10.5. The van der Waals surface area contributed by atoms with E-state index in [-0.39, 0.29) is 28.1 Å². The quantitative estimate of drug-likeness (QED) is 0.320. The second kappa shape index (κ2) is 8.09. The fourth-order valence-electron chi connectivity index (χ4n) is 11.8. The maximum atomic E-state index is 12.9. The van der Waals surface area contributed by atoms with Crippen molar-refractivity contribution in [3.05, 3.63) is 12.2 Å². The highest BCUT2D eigenvalue weighted by molar-refractivity contribution is 5.77. The molecule has 0 heterocycles. The number of allylic oxidation sites excluding steroid dienone is 1. The molecular formula is C32H50O4. The van der Waals surface area contributed by atoms with Crippen molar-refractivity contribution >= 4 is 11.9 Å². The van der Waals surface area contributed by atoms with Crippen LogP contribution in [-0.4, -0.2) is 23.1 Å². The van der Waals surface area contributed by atoms with Crippen LogP contribution in [0.1, 0.15) is 113 Å². The summed E-state index contributed by atoms with van der Waals surface area (Å²) in [6.07, 6.45) is 10.8. The minimum atomic E-state index is -1.03. The molecular weight excluding hydrogens is 448 g/mol. The Bertz CT molecular complexity index is 971. The Balaban J connectivity index is 1.53. The molecule has 5 aliphatic rings. The first-order chi connectivity index (χ1) is 16.6. The fraction of sp³-hybridized carbons (Fsp3) is 0.875. The van der Waals surface area contributed by atoms with Gasteiger partial charge in [-0.2, -0.15) is 0 Å². The van der Waals surface area contributed by atoms with Gasteiger partial charge in [-0.15, -0.1) is 0 Å². The lowest BCUT2D eigenvalue weighted by atomic mass is 9.32. The van der Waals surface area contributed by atoms with Crippen molar-refractivity contribution in [3.63, 3.8) is 0 Å². The molecule has 5 saturated carbocycles. The van der Waals surface area contributed by atoms with Crippen LogP contribution in [0.3, 0.4) is 0 Å². The molecule has 36 heavy (non-hydrogen) atoms. The smallest absolute Gasteiger partial charge is 0.313 e. The van der Waals surface area contributed by atoms with Gasteiger partial charge in [-0.05, 0) is 129 Å². The average Bonchev–Trinajstić information content (AvgIpc) is 3.14. The molecule has 4 heteroatoms. The molecule has 5 rings (SSSR count). The molecule has 0 radical (unpaired) electrons. The molecule has 0 aromatic heterocycles. The first kappa shape index (κ1) is 26.3. The van der Waals surface area contributed by atoms with Crippen molar-refractivity contribution in [2.24, 2.45) is 56.7 Å². The number of carbonyl (C=O) groups excluding carboxylic acids is 1. The molecule has 0 aliphatic heterocycles. The summed E-state index contributed by atoms with van der Waals surface area (Å²) in [5.41, 5.74) is 1.24. The lowest BCUT2D eigenvalue weighted by molar-refractivity contribution is -0.252. The normalized spacial score (nSPS) is 53.9. The second-order valence-electron chi connectivity index (χ2n) is 15.1. The van der Waals surface area contributed by atoms with Gasteiger partial charge in [0.05, 0.1) is 0 Å². The fourth-order valence-corrected chi connectivity index (χ4v) is 11.8. The lowest BCUT2D eigenvalue weighted by Gasteiger charge is -2.72. The third-order valence-electron chi connectivity index (χ3n) is 13.9. The molecule has 0 aromatic rings. The predicted octanol–water partition coefficient (Wildman–Crippen LogP) is 7.66. The van der Waals surface area contributed by atoms with Crippen LogP contribution in [0.5, 0.6) is 0 Å². The minimum Gasteiger partial charge on any atom is -0.481 e. The van der Waals surface area contributed by atoms with Crippen LogP contribution in [0.25, 0.3) is 0 Å². The standard InChI is InChI=1S/C32H50O4/c1-19(2)21-11-14-28(4)17-18-30(6)22(26(21)28)9-10-23-29(5)15-13-25(36-20(3)33)32(8,27(34)35)24(29)12-16-31(23,30)7/h21-26H,1,9-18H2,2-8H3,(H,34,35)/t21?,22?,23?,24?,25-,26?,28-,29-,30-,31-,32-/m1/s1. The number of ether oxygens (including phenoxy) is 1. The van der Waals surface area contributed by atoms with Gasteiger partial charge in [-0.1, -0.05) is 39.8 Å². The summed E-state index contributed by atoms with van der Waals surface area (Å²) in [7, 11) is 0. The number of rotatable bonds is 3. The topological polar surface area (TPSA) is 63.6 Å². The molecule has 5 fully saturated rings. The van der Waals surface area contributed by atoms with E-state index in [1.165, 1.54) is 51.0 Å². The Morgan fingerprint density at radius 2 is 1.50 bits per heavy atom. The molecule has 0 aromatic carbocycles. The van der Waals surface area contributed by atoms with Crippen LogP contribution in [0.4, 0.5) is 0 Å². The predicted molar refractivity (Wildman–Crippen MR) is 142 cm³/mol. The molecule has 11 atom stereocenters. The second-order valence-corrected chi connectivity index (χ2v) is 15.1. The molecule has 4 nitrogen and oxygen atoms in total. The summed E-state index contributed by atoms with van der Waals surface area (Å²) in [6, 6.07) is 0. The van der Waals surface area contributed by atoms with E-state index >= 15 is 0 Å². The highest BCUT2D eigenvalue weighted by Gasteiger charge is 2.72. The largest absolute Gasteiger partial charge is 0.481 e.